The van der Waals surface area contributed by atoms with Gasteiger partial charge in [0, 0.05) is 13.0 Å². The number of carbonyl (C=O) groups excluding carboxylic acids is 2. The van der Waals surface area contributed by atoms with Crippen LogP contribution in [0.1, 0.15) is 49.8 Å². The van der Waals surface area contributed by atoms with Crippen molar-refractivity contribution < 1.29 is 22.8 Å². The third-order valence-corrected chi connectivity index (χ3v) is 4.15. The molecule has 1 aromatic carbocycles. The quantitative estimate of drug-likeness (QED) is 0.863. The molecule has 0 spiro atoms. The van der Waals surface area contributed by atoms with E-state index >= 15 is 0 Å². The molecule has 1 aliphatic heterocycles. The van der Waals surface area contributed by atoms with Crippen LogP contribution in [-0.2, 0) is 15.8 Å². The van der Waals surface area contributed by atoms with Crippen LogP contribution in [0.2, 0.25) is 0 Å². The minimum absolute atomic E-state index is 0.0814. The molecule has 132 valence electrons. The van der Waals surface area contributed by atoms with Crippen molar-refractivity contribution >= 4 is 11.8 Å². The van der Waals surface area contributed by atoms with Crippen molar-refractivity contribution in [2.45, 2.75) is 44.8 Å². The maximum Gasteiger partial charge on any atom is 0.416 e. The van der Waals surface area contributed by atoms with E-state index in [-0.39, 0.29) is 24.3 Å². The molecule has 24 heavy (non-hydrogen) atoms. The zero-order valence-corrected chi connectivity index (χ0v) is 13.5. The Bertz CT molecular complexity index is 592. The van der Waals surface area contributed by atoms with Crippen molar-refractivity contribution in [2.24, 2.45) is 5.92 Å². The first-order valence-corrected chi connectivity index (χ1v) is 8.05. The normalized spacial score (nSPS) is 19.5. The fourth-order valence-corrected chi connectivity index (χ4v) is 2.79. The number of rotatable bonds is 5. The minimum Gasteiger partial charge on any atom is -0.355 e. The highest BCUT2D eigenvalue weighted by Gasteiger charge is 2.31. The molecule has 2 atom stereocenters. The van der Waals surface area contributed by atoms with E-state index in [0.717, 1.165) is 18.6 Å². The molecule has 4 nitrogen and oxygen atoms in total. The van der Waals surface area contributed by atoms with Crippen molar-refractivity contribution in [3.8, 4) is 0 Å². The number of benzene rings is 1. The standard InChI is InChI=1S/C17H21F3N2O2/c1-2-4-14(11-5-3-6-13(9-11)17(18,19)20)22-16(24)12-7-8-15(23)21-10-12/h3,5-6,9,12,14H,2,4,7-8,10H2,1H3,(H,21,23)(H,22,24)/t12-,14+/m1/s1. The van der Waals surface area contributed by atoms with E-state index in [4.69, 9.17) is 0 Å². The van der Waals surface area contributed by atoms with E-state index in [2.05, 4.69) is 10.6 Å². The Balaban J connectivity index is 2.11. The summed E-state index contributed by atoms with van der Waals surface area (Å²) in [4.78, 5) is 23.5. The smallest absolute Gasteiger partial charge is 0.355 e. The van der Waals surface area contributed by atoms with Gasteiger partial charge in [0.2, 0.25) is 11.8 Å². The van der Waals surface area contributed by atoms with Gasteiger partial charge in [-0.2, -0.15) is 13.2 Å². The van der Waals surface area contributed by atoms with Crippen LogP contribution in [-0.4, -0.2) is 18.4 Å². The highest BCUT2D eigenvalue weighted by atomic mass is 19.4. The van der Waals surface area contributed by atoms with Crippen LogP contribution in [0.4, 0.5) is 13.2 Å². The molecule has 0 aromatic heterocycles. The number of alkyl halides is 3. The largest absolute Gasteiger partial charge is 0.416 e. The second-order valence-electron chi connectivity index (χ2n) is 6.01. The monoisotopic (exact) mass is 342 g/mol. The molecule has 2 amide bonds. The molecule has 7 heteroatoms. The van der Waals surface area contributed by atoms with Crippen molar-refractivity contribution in [2.75, 3.05) is 6.54 Å². The number of piperidine rings is 1. The third kappa shape index (κ3) is 4.72. The van der Waals surface area contributed by atoms with Crippen molar-refractivity contribution in [1.82, 2.24) is 10.6 Å². The molecular weight excluding hydrogens is 321 g/mol. The number of amides is 2. The van der Waals surface area contributed by atoms with E-state index < -0.39 is 17.8 Å². The fraction of sp³-hybridized carbons (Fsp3) is 0.529. The summed E-state index contributed by atoms with van der Waals surface area (Å²) in [6, 6.07) is 4.59. The number of halogens is 3. The van der Waals surface area contributed by atoms with Crippen molar-refractivity contribution in [3.63, 3.8) is 0 Å². The maximum atomic E-state index is 12.9. The average molecular weight is 342 g/mol. The Hall–Kier alpha value is -2.05. The third-order valence-electron chi connectivity index (χ3n) is 4.15. The Morgan fingerprint density at radius 2 is 2.17 bits per heavy atom. The molecule has 1 saturated heterocycles. The van der Waals surface area contributed by atoms with Crippen LogP contribution in [0.5, 0.6) is 0 Å². The first-order valence-electron chi connectivity index (χ1n) is 8.05. The van der Waals surface area contributed by atoms with Crippen LogP contribution < -0.4 is 10.6 Å². The maximum absolute atomic E-state index is 12.9. The first-order chi connectivity index (χ1) is 11.3. The lowest BCUT2D eigenvalue weighted by atomic mass is 9.95. The lowest BCUT2D eigenvalue weighted by Gasteiger charge is -2.26. The number of carbonyl (C=O) groups is 2. The highest BCUT2D eigenvalue weighted by Crippen LogP contribution is 2.31. The van der Waals surface area contributed by atoms with Crippen LogP contribution in [0.25, 0.3) is 0 Å². The predicted molar refractivity (Wildman–Crippen MR) is 83.0 cm³/mol. The molecule has 1 fully saturated rings. The molecular formula is C17H21F3N2O2. The summed E-state index contributed by atoms with van der Waals surface area (Å²) >= 11 is 0. The van der Waals surface area contributed by atoms with Gasteiger partial charge in [-0.3, -0.25) is 9.59 Å². The van der Waals surface area contributed by atoms with Gasteiger partial charge in [-0.1, -0.05) is 25.5 Å². The predicted octanol–water partition coefficient (Wildman–Crippen LogP) is 3.19. The SMILES string of the molecule is CCC[C@H](NC(=O)[C@@H]1CCC(=O)NC1)c1cccc(C(F)(F)F)c1. The van der Waals surface area contributed by atoms with Crippen molar-refractivity contribution in [3.05, 3.63) is 35.4 Å². The van der Waals surface area contributed by atoms with E-state index in [9.17, 15) is 22.8 Å². The second kappa shape index (κ2) is 7.68. The molecule has 0 bridgehead atoms. The Labute approximate surface area is 138 Å². The van der Waals surface area contributed by atoms with Gasteiger partial charge in [0.25, 0.3) is 0 Å². The zero-order chi connectivity index (χ0) is 17.7. The van der Waals surface area contributed by atoms with Crippen molar-refractivity contribution in [1.29, 1.82) is 0 Å². The average Bonchev–Trinajstić information content (AvgIpc) is 2.54. The van der Waals surface area contributed by atoms with Gasteiger partial charge in [-0.05, 0) is 30.5 Å². The summed E-state index contributed by atoms with van der Waals surface area (Å²) in [5.74, 6) is -0.652. The fourth-order valence-electron chi connectivity index (χ4n) is 2.79. The summed E-state index contributed by atoms with van der Waals surface area (Å²) in [5.41, 5.74) is -0.278. The van der Waals surface area contributed by atoms with E-state index in [1.54, 1.807) is 6.07 Å². The van der Waals surface area contributed by atoms with E-state index in [1.807, 2.05) is 6.92 Å². The van der Waals surface area contributed by atoms with Crippen LogP contribution >= 0.6 is 0 Å². The van der Waals surface area contributed by atoms with E-state index in [1.165, 1.54) is 6.07 Å². The van der Waals surface area contributed by atoms with Gasteiger partial charge in [0.05, 0.1) is 17.5 Å². The van der Waals surface area contributed by atoms with Gasteiger partial charge >= 0.3 is 6.18 Å². The Kier molecular flexibility index (Phi) is 5.85. The summed E-state index contributed by atoms with van der Waals surface area (Å²) in [6.45, 7) is 2.18. The van der Waals surface area contributed by atoms with Crippen LogP contribution in [0.3, 0.4) is 0 Å². The number of nitrogens with one attached hydrogen (secondary N) is 2. The zero-order valence-electron chi connectivity index (χ0n) is 13.5. The molecule has 0 saturated carbocycles. The van der Waals surface area contributed by atoms with Gasteiger partial charge in [0.1, 0.15) is 0 Å². The van der Waals surface area contributed by atoms with Gasteiger partial charge < -0.3 is 10.6 Å². The van der Waals surface area contributed by atoms with Crippen LogP contribution in [0.15, 0.2) is 24.3 Å². The molecule has 1 aromatic rings. The topological polar surface area (TPSA) is 58.2 Å². The molecule has 0 radical (unpaired) electrons. The number of hydrogen-bond acceptors (Lipinski definition) is 2. The molecule has 0 aliphatic carbocycles. The lowest BCUT2D eigenvalue weighted by molar-refractivity contribution is -0.137. The minimum atomic E-state index is -4.41. The molecule has 2 N–H and O–H groups in total. The Morgan fingerprint density at radius 3 is 2.75 bits per heavy atom. The van der Waals surface area contributed by atoms with Gasteiger partial charge in [-0.25, -0.2) is 0 Å². The van der Waals surface area contributed by atoms with Crippen LogP contribution in [0, 0.1) is 5.92 Å². The Morgan fingerprint density at radius 1 is 1.42 bits per heavy atom. The first kappa shape index (κ1) is 18.3. The second-order valence-corrected chi connectivity index (χ2v) is 6.01. The summed E-state index contributed by atoms with van der Waals surface area (Å²) < 4.78 is 38.6. The summed E-state index contributed by atoms with van der Waals surface area (Å²) in [6.07, 6.45) is -2.39. The van der Waals surface area contributed by atoms with Gasteiger partial charge in [0.15, 0.2) is 0 Å². The summed E-state index contributed by atoms with van der Waals surface area (Å²) in [5, 5.41) is 5.48. The molecule has 1 aliphatic rings. The van der Waals surface area contributed by atoms with Gasteiger partial charge in [-0.15, -0.1) is 0 Å². The van der Waals surface area contributed by atoms with E-state index in [0.29, 0.717) is 24.8 Å². The summed E-state index contributed by atoms with van der Waals surface area (Å²) in [7, 11) is 0. The number of hydrogen-bond donors (Lipinski definition) is 2. The molecule has 1 heterocycles. The molecule has 0 unspecified atom stereocenters. The lowest BCUT2D eigenvalue weighted by Crippen LogP contribution is -2.43. The molecule has 2 rings (SSSR count). The highest BCUT2D eigenvalue weighted by molar-refractivity contribution is 5.83.